The molecule has 3 aromatic carbocycles. The monoisotopic (exact) mass is 405 g/mol. The molecule has 152 valence electrons. The van der Waals surface area contributed by atoms with Crippen molar-refractivity contribution in [2.75, 3.05) is 0 Å². The minimum atomic E-state index is 0.151. The van der Waals surface area contributed by atoms with Gasteiger partial charge in [-0.3, -0.25) is 5.41 Å². The summed E-state index contributed by atoms with van der Waals surface area (Å²) in [6.07, 6.45) is 2.96. The zero-order chi connectivity index (χ0) is 21.4. The first-order valence-corrected chi connectivity index (χ1v) is 10.4. The summed E-state index contributed by atoms with van der Waals surface area (Å²) in [5, 5.41) is 9.37. The van der Waals surface area contributed by atoms with Gasteiger partial charge in [-0.05, 0) is 29.2 Å². The van der Waals surface area contributed by atoms with Crippen molar-refractivity contribution >= 4 is 28.2 Å². The maximum atomic E-state index is 8.34. The molecule has 4 heteroatoms. The summed E-state index contributed by atoms with van der Waals surface area (Å²) in [6.45, 7) is 2.14. The van der Waals surface area contributed by atoms with E-state index in [1.807, 2.05) is 48.5 Å². The highest BCUT2D eigenvalue weighted by atomic mass is 16.3. The number of fused-ring (bicyclic) bond motifs is 3. The number of hydrogen-bond acceptors (Lipinski definition) is 2. The van der Waals surface area contributed by atoms with Crippen molar-refractivity contribution < 1.29 is 4.42 Å². The number of furan rings is 1. The summed E-state index contributed by atoms with van der Waals surface area (Å²) in [6, 6.07) is 26.0. The lowest BCUT2D eigenvalue weighted by atomic mass is 9.88. The van der Waals surface area contributed by atoms with E-state index < -0.39 is 0 Å². The van der Waals surface area contributed by atoms with Crippen LogP contribution in [-0.4, -0.2) is 11.7 Å². The van der Waals surface area contributed by atoms with Gasteiger partial charge in [0.1, 0.15) is 17.2 Å². The van der Waals surface area contributed by atoms with Crippen LogP contribution >= 0.6 is 0 Å². The van der Waals surface area contributed by atoms with Crippen LogP contribution in [0.15, 0.2) is 94.3 Å². The lowest BCUT2D eigenvalue weighted by Gasteiger charge is -2.17. The van der Waals surface area contributed by atoms with Crippen molar-refractivity contribution in [1.82, 2.24) is 0 Å². The second-order valence-corrected chi connectivity index (χ2v) is 7.95. The van der Waals surface area contributed by atoms with Crippen LogP contribution in [0.3, 0.4) is 0 Å². The molecule has 4 aromatic rings. The van der Waals surface area contributed by atoms with Crippen molar-refractivity contribution in [3.63, 3.8) is 0 Å². The smallest absolute Gasteiger partial charge is 0.154 e. The van der Waals surface area contributed by atoms with E-state index in [1.165, 1.54) is 0 Å². The summed E-state index contributed by atoms with van der Waals surface area (Å²) >= 11 is 0. The van der Waals surface area contributed by atoms with Crippen LogP contribution in [0.25, 0.3) is 27.7 Å². The molecule has 5 rings (SSSR count). The Hall–Kier alpha value is -3.92. The normalized spacial score (nSPS) is 16.1. The van der Waals surface area contributed by atoms with Crippen molar-refractivity contribution in [3.05, 3.63) is 102 Å². The quantitative estimate of drug-likeness (QED) is 0.321. The average Bonchev–Trinajstić information content (AvgIpc) is 3.16. The number of benzene rings is 3. The Morgan fingerprint density at radius 3 is 2.42 bits per heavy atom. The zero-order valence-corrected chi connectivity index (χ0v) is 17.3. The van der Waals surface area contributed by atoms with Gasteiger partial charge in [-0.1, -0.05) is 79.7 Å². The highest BCUT2D eigenvalue weighted by Gasteiger charge is 2.26. The van der Waals surface area contributed by atoms with Crippen molar-refractivity contribution in [2.24, 2.45) is 16.6 Å². The second kappa shape index (κ2) is 7.73. The van der Waals surface area contributed by atoms with Crippen molar-refractivity contribution in [1.29, 1.82) is 5.41 Å². The largest absolute Gasteiger partial charge is 0.460 e. The van der Waals surface area contributed by atoms with Gasteiger partial charge in [0.25, 0.3) is 0 Å². The molecule has 0 saturated heterocycles. The van der Waals surface area contributed by atoms with Crippen LogP contribution in [0, 0.1) is 11.3 Å². The van der Waals surface area contributed by atoms with Crippen LogP contribution < -0.4 is 5.73 Å². The molecule has 0 fully saturated rings. The van der Waals surface area contributed by atoms with Gasteiger partial charge in [-0.25, -0.2) is 4.99 Å². The predicted molar refractivity (Wildman–Crippen MR) is 127 cm³/mol. The maximum Gasteiger partial charge on any atom is 0.154 e. The first-order valence-electron chi connectivity index (χ1n) is 10.4. The Labute approximate surface area is 181 Å². The first-order chi connectivity index (χ1) is 15.1. The number of hydrogen-bond donors (Lipinski definition) is 2. The molecule has 0 spiro atoms. The third-order valence-corrected chi connectivity index (χ3v) is 5.65. The SMILES string of the molecule is CC1C=C(/C(N)=N/C(=N)c2ccccc2)c2c(oc3cc(-c4ccccc4)ccc23)C1. The number of aliphatic imine (C=N–C) groups is 1. The highest BCUT2D eigenvalue weighted by molar-refractivity contribution is 6.28. The molecule has 1 aromatic heterocycles. The maximum absolute atomic E-state index is 8.34. The molecule has 0 saturated carbocycles. The third-order valence-electron chi connectivity index (χ3n) is 5.65. The Bertz CT molecular complexity index is 1330. The number of nitrogens with two attached hydrogens (primary N) is 1. The molecule has 3 N–H and O–H groups in total. The molecule has 31 heavy (non-hydrogen) atoms. The molecule has 1 unspecified atom stereocenters. The fourth-order valence-electron chi connectivity index (χ4n) is 4.17. The minimum Gasteiger partial charge on any atom is -0.460 e. The first kappa shape index (κ1) is 19.1. The Morgan fingerprint density at radius 1 is 0.968 bits per heavy atom. The number of allylic oxidation sites excluding steroid dienone is 1. The van der Waals surface area contributed by atoms with Crippen molar-refractivity contribution in [3.8, 4) is 11.1 Å². The molecule has 0 amide bonds. The van der Waals surface area contributed by atoms with Gasteiger partial charge in [0.05, 0.1) is 0 Å². The topological polar surface area (TPSA) is 75.4 Å². The number of amidine groups is 2. The fraction of sp³-hybridized carbons (Fsp3) is 0.111. The summed E-state index contributed by atoms with van der Waals surface area (Å²) in [7, 11) is 0. The van der Waals surface area contributed by atoms with E-state index in [0.29, 0.717) is 5.84 Å². The van der Waals surface area contributed by atoms with E-state index in [9.17, 15) is 0 Å². The van der Waals surface area contributed by atoms with E-state index in [2.05, 4.69) is 48.3 Å². The van der Waals surface area contributed by atoms with Gasteiger partial charge in [0.2, 0.25) is 0 Å². The van der Waals surface area contributed by atoms with E-state index in [-0.39, 0.29) is 11.8 Å². The Balaban J connectivity index is 1.58. The van der Waals surface area contributed by atoms with Gasteiger partial charge in [0, 0.05) is 28.5 Å². The van der Waals surface area contributed by atoms with Crippen LogP contribution in [0.4, 0.5) is 0 Å². The average molecular weight is 406 g/mol. The van der Waals surface area contributed by atoms with Crippen LogP contribution in [0.5, 0.6) is 0 Å². The lowest BCUT2D eigenvalue weighted by Crippen LogP contribution is -2.20. The molecule has 1 atom stereocenters. The standard InChI is InChI=1S/C27H23N3O/c1-17-14-22(27(29)30-26(28)19-10-6-3-7-11-19)25-21-13-12-20(18-8-4-2-5-9-18)16-23(21)31-24(25)15-17/h2-14,16-17H,15H2,1H3,(H3,28,29,30). The molecule has 0 radical (unpaired) electrons. The van der Waals surface area contributed by atoms with Crippen molar-refractivity contribution in [2.45, 2.75) is 13.3 Å². The van der Waals surface area contributed by atoms with E-state index >= 15 is 0 Å². The van der Waals surface area contributed by atoms with E-state index in [0.717, 1.165) is 51.0 Å². The predicted octanol–water partition coefficient (Wildman–Crippen LogP) is 6.06. The summed E-state index contributed by atoms with van der Waals surface area (Å²) in [5.74, 6) is 1.69. The van der Waals surface area contributed by atoms with E-state index in [1.54, 1.807) is 0 Å². The fourth-order valence-corrected chi connectivity index (χ4v) is 4.17. The number of rotatable bonds is 3. The zero-order valence-electron chi connectivity index (χ0n) is 17.3. The highest BCUT2D eigenvalue weighted by Crippen LogP contribution is 2.39. The van der Waals surface area contributed by atoms with Gasteiger partial charge >= 0.3 is 0 Å². The van der Waals surface area contributed by atoms with Gasteiger partial charge < -0.3 is 10.2 Å². The third kappa shape index (κ3) is 3.57. The molecular weight excluding hydrogens is 382 g/mol. The molecule has 1 aliphatic carbocycles. The molecule has 0 bridgehead atoms. The van der Waals surface area contributed by atoms with Crippen LogP contribution in [0.1, 0.15) is 23.8 Å². The summed E-state index contributed by atoms with van der Waals surface area (Å²) in [5.41, 5.74) is 12.1. The van der Waals surface area contributed by atoms with Gasteiger partial charge in [-0.15, -0.1) is 0 Å². The molecule has 1 heterocycles. The summed E-state index contributed by atoms with van der Waals surface area (Å²) in [4.78, 5) is 4.42. The van der Waals surface area contributed by atoms with Crippen LogP contribution in [0.2, 0.25) is 0 Å². The lowest BCUT2D eigenvalue weighted by molar-refractivity contribution is 0.512. The molecule has 0 aliphatic heterocycles. The molecule has 1 aliphatic rings. The van der Waals surface area contributed by atoms with Gasteiger partial charge in [0.15, 0.2) is 5.84 Å². The van der Waals surface area contributed by atoms with Crippen LogP contribution in [-0.2, 0) is 6.42 Å². The Morgan fingerprint density at radius 2 is 1.68 bits per heavy atom. The molecule has 4 nitrogen and oxygen atoms in total. The second-order valence-electron chi connectivity index (χ2n) is 7.95. The Kier molecular flexibility index (Phi) is 4.75. The van der Waals surface area contributed by atoms with Gasteiger partial charge in [-0.2, -0.15) is 0 Å². The number of nitrogens with zero attached hydrogens (tertiary/aromatic N) is 1. The minimum absolute atomic E-state index is 0.151. The van der Waals surface area contributed by atoms with E-state index in [4.69, 9.17) is 15.6 Å². The number of nitrogens with one attached hydrogen (secondary N) is 1. The molecular formula is C27H23N3O. The summed E-state index contributed by atoms with van der Waals surface area (Å²) < 4.78 is 6.29.